The lowest BCUT2D eigenvalue weighted by atomic mass is 10.1. The zero-order valence-electron chi connectivity index (χ0n) is 12.1. The fourth-order valence-corrected chi connectivity index (χ4v) is 2.24. The molecule has 0 bridgehead atoms. The molecule has 0 aromatic heterocycles. The van der Waals surface area contributed by atoms with E-state index in [2.05, 4.69) is 0 Å². The second kappa shape index (κ2) is 8.96. The van der Waals surface area contributed by atoms with Crippen molar-refractivity contribution in [1.29, 1.82) is 0 Å². The first kappa shape index (κ1) is 17.9. The van der Waals surface area contributed by atoms with E-state index in [0.717, 1.165) is 12.8 Å². The van der Waals surface area contributed by atoms with Crippen molar-refractivity contribution in [2.75, 3.05) is 0 Å². The van der Waals surface area contributed by atoms with Crippen LogP contribution < -0.4 is 5.14 Å². The molecule has 0 atom stereocenters. The number of rotatable bonds is 5. The van der Waals surface area contributed by atoms with Gasteiger partial charge in [-0.15, -0.1) is 0 Å². The molecule has 3 N–H and O–H groups in total. The van der Waals surface area contributed by atoms with Crippen LogP contribution in [0.3, 0.4) is 0 Å². The number of hydrogen-bond donors (Lipinski definition) is 2. The lowest BCUT2D eigenvalue weighted by molar-refractivity contribution is -0.137. The Bertz CT molecular complexity index is 670. The van der Waals surface area contributed by atoms with Crippen molar-refractivity contribution in [2.45, 2.75) is 24.2 Å². The Morgan fingerprint density at radius 3 is 1.86 bits per heavy atom. The molecule has 0 radical (unpaired) electrons. The summed E-state index contributed by atoms with van der Waals surface area (Å²) in [5.74, 6) is -0.717. The van der Waals surface area contributed by atoms with Crippen LogP contribution in [-0.4, -0.2) is 19.5 Å². The summed E-state index contributed by atoms with van der Waals surface area (Å²) in [6.07, 6.45) is 1.83. The minimum absolute atomic E-state index is 0.148. The number of sulfonamides is 1. The van der Waals surface area contributed by atoms with E-state index in [9.17, 15) is 13.2 Å². The minimum Gasteiger partial charge on any atom is -0.481 e. The summed E-state index contributed by atoms with van der Waals surface area (Å²) < 4.78 is 21.2. The van der Waals surface area contributed by atoms with E-state index in [1.807, 2.05) is 30.3 Å². The zero-order valence-corrected chi connectivity index (χ0v) is 12.9. The van der Waals surface area contributed by atoms with Gasteiger partial charge in [0, 0.05) is 6.42 Å². The zero-order chi connectivity index (χ0) is 16.4. The number of primary sulfonamides is 1. The van der Waals surface area contributed by atoms with Crippen molar-refractivity contribution >= 4 is 16.0 Å². The number of carboxylic acid groups (broad SMARTS) is 1. The number of hydrogen-bond acceptors (Lipinski definition) is 3. The van der Waals surface area contributed by atoms with Gasteiger partial charge in [0.15, 0.2) is 0 Å². The first-order valence-electron chi connectivity index (χ1n) is 6.73. The SMILES string of the molecule is NS(=O)(=O)c1ccccc1.O=C(O)CCCc1ccccc1. The molecule has 2 aromatic carbocycles. The molecule has 0 fully saturated rings. The molecule has 2 rings (SSSR count). The summed E-state index contributed by atoms with van der Waals surface area (Å²) in [6.45, 7) is 0. The number of carboxylic acids is 1. The molecule has 0 unspecified atom stereocenters. The Morgan fingerprint density at radius 1 is 0.955 bits per heavy atom. The summed E-state index contributed by atoms with van der Waals surface area (Å²) in [5, 5.41) is 13.2. The van der Waals surface area contributed by atoms with Gasteiger partial charge in [0.05, 0.1) is 4.90 Å². The summed E-state index contributed by atoms with van der Waals surface area (Å²) in [7, 11) is -3.50. The van der Waals surface area contributed by atoms with E-state index in [4.69, 9.17) is 10.2 Å². The molecule has 0 aliphatic rings. The third-order valence-electron chi connectivity index (χ3n) is 2.77. The quantitative estimate of drug-likeness (QED) is 0.883. The largest absolute Gasteiger partial charge is 0.481 e. The van der Waals surface area contributed by atoms with Crippen molar-refractivity contribution in [3.8, 4) is 0 Å². The fraction of sp³-hybridized carbons (Fsp3) is 0.188. The highest BCUT2D eigenvalue weighted by atomic mass is 32.2. The third kappa shape index (κ3) is 7.56. The van der Waals surface area contributed by atoms with E-state index >= 15 is 0 Å². The van der Waals surface area contributed by atoms with Gasteiger partial charge < -0.3 is 5.11 Å². The molecule has 2 aromatic rings. The molecule has 0 amide bonds. The number of benzene rings is 2. The van der Waals surface area contributed by atoms with Crippen LogP contribution in [0.15, 0.2) is 65.6 Å². The lowest BCUT2D eigenvalue weighted by Crippen LogP contribution is -2.11. The molecule has 0 heterocycles. The average molecular weight is 321 g/mol. The third-order valence-corrected chi connectivity index (χ3v) is 3.70. The van der Waals surface area contributed by atoms with Crippen LogP contribution in [0.2, 0.25) is 0 Å². The Morgan fingerprint density at radius 2 is 1.45 bits per heavy atom. The summed E-state index contributed by atoms with van der Waals surface area (Å²) >= 11 is 0. The predicted octanol–water partition coefficient (Wildman–Crippen LogP) is 2.43. The van der Waals surface area contributed by atoms with Crippen LogP contribution in [0.4, 0.5) is 0 Å². The van der Waals surface area contributed by atoms with Gasteiger partial charge in [-0.1, -0.05) is 48.5 Å². The molecule has 5 nitrogen and oxygen atoms in total. The second-order valence-corrected chi connectivity index (χ2v) is 6.15. The van der Waals surface area contributed by atoms with Gasteiger partial charge in [0.25, 0.3) is 0 Å². The highest BCUT2D eigenvalue weighted by Crippen LogP contribution is 2.04. The summed E-state index contributed by atoms with van der Waals surface area (Å²) in [5.41, 5.74) is 1.21. The normalized spacial score (nSPS) is 10.4. The van der Waals surface area contributed by atoms with Gasteiger partial charge in [0.2, 0.25) is 10.0 Å². The van der Waals surface area contributed by atoms with Crippen LogP contribution in [-0.2, 0) is 21.2 Å². The Kier molecular flexibility index (Phi) is 7.28. The van der Waals surface area contributed by atoms with Crippen molar-refractivity contribution in [2.24, 2.45) is 5.14 Å². The first-order valence-corrected chi connectivity index (χ1v) is 8.28. The van der Waals surface area contributed by atoms with Crippen molar-refractivity contribution < 1.29 is 18.3 Å². The smallest absolute Gasteiger partial charge is 0.303 e. The standard InChI is InChI=1S/C10H12O2.C6H7NO2S/c11-10(12)8-4-7-9-5-2-1-3-6-9;7-10(8,9)6-4-2-1-3-5-6/h1-3,5-6H,4,7-8H2,(H,11,12);1-5H,(H2,7,8,9). The maximum absolute atomic E-state index is 10.6. The Balaban J connectivity index is 0.000000224. The van der Waals surface area contributed by atoms with Gasteiger partial charge >= 0.3 is 5.97 Å². The van der Waals surface area contributed by atoms with Crippen LogP contribution in [0, 0.1) is 0 Å². The number of carbonyl (C=O) groups is 1. The van der Waals surface area contributed by atoms with Crippen molar-refractivity contribution in [1.82, 2.24) is 0 Å². The van der Waals surface area contributed by atoms with Gasteiger partial charge in [0.1, 0.15) is 0 Å². The maximum atomic E-state index is 10.6. The van der Waals surface area contributed by atoms with E-state index in [1.54, 1.807) is 18.2 Å². The molecule has 0 saturated carbocycles. The van der Waals surface area contributed by atoms with Crippen molar-refractivity contribution in [3.63, 3.8) is 0 Å². The maximum Gasteiger partial charge on any atom is 0.303 e. The highest BCUT2D eigenvalue weighted by molar-refractivity contribution is 7.89. The van der Waals surface area contributed by atoms with E-state index in [0.29, 0.717) is 0 Å². The monoisotopic (exact) mass is 321 g/mol. The van der Waals surface area contributed by atoms with E-state index < -0.39 is 16.0 Å². The molecular formula is C16H19NO4S. The molecule has 0 spiro atoms. The molecule has 0 aliphatic heterocycles. The fourth-order valence-electron chi connectivity index (χ4n) is 1.70. The molecule has 0 saturated heterocycles. The number of nitrogens with two attached hydrogens (primary N) is 1. The van der Waals surface area contributed by atoms with E-state index in [-0.39, 0.29) is 11.3 Å². The molecular weight excluding hydrogens is 302 g/mol. The van der Waals surface area contributed by atoms with Gasteiger partial charge in [-0.05, 0) is 30.5 Å². The molecule has 6 heteroatoms. The molecule has 0 aliphatic carbocycles. The average Bonchev–Trinajstić information content (AvgIpc) is 2.49. The van der Waals surface area contributed by atoms with Crippen LogP contribution in [0.1, 0.15) is 18.4 Å². The first-order chi connectivity index (χ1) is 10.4. The highest BCUT2D eigenvalue weighted by Gasteiger charge is 2.03. The van der Waals surface area contributed by atoms with Crippen molar-refractivity contribution in [3.05, 3.63) is 66.2 Å². The van der Waals surface area contributed by atoms with Crippen LogP contribution in [0.25, 0.3) is 0 Å². The van der Waals surface area contributed by atoms with Gasteiger partial charge in [-0.3, -0.25) is 4.79 Å². The second-order valence-electron chi connectivity index (χ2n) is 4.59. The topological polar surface area (TPSA) is 97.5 Å². The number of aliphatic carboxylic acids is 1. The Hall–Kier alpha value is -2.18. The number of aryl methyl sites for hydroxylation is 1. The minimum atomic E-state index is -3.50. The Labute approximate surface area is 130 Å². The van der Waals surface area contributed by atoms with E-state index in [1.165, 1.54) is 17.7 Å². The summed E-state index contributed by atoms with van der Waals surface area (Å²) in [6, 6.07) is 17.8. The van der Waals surface area contributed by atoms with Crippen LogP contribution >= 0.6 is 0 Å². The van der Waals surface area contributed by atoms with Crippen LogP contribution in [0.5, 0.6) is 0 Å². The van der Waals surface area contributed by atoms with Gasteiger partial charge in [-0.25, -0.2) is 13.6 Å². The van der Waals surface area contributed by atoms with Gasteiger partial charge in [-0.2, -0.15) is 0 Å². The predicted molar refractivity (Wildman–Crippen MR) is 84.8 cm³/mol. The molecule has 22 heavy (non-hydrogen) atoms. The molecule has 118 valence electrons. The lowest BCUT2D eigenvalue weighted by Gasteiger charge is -1.97. The summed E-state index contributed by atoms with van der Waals surface area (Å²) in [4.78, 5) is 10.3.